The Morgan fingerprint density at radius 3 is 2.82 bits per heavy atom. The second-order valence-corrected chi connectivity index (χ2v) is 12.9. The molecule has 0 spiro atoms. The zero-order valence-electron chi connectivity index (χ0n) is 24.4. The molecule has 4 atom stereocenters. The summed E-state index contributed by atoms with van der Waals surface area (Å²) < 4.78 is 37.5. The number of pyridine rings is 1. The minimum Gasteiger partial charge on any atom is -0.508 e. The number of rotatable bonds is 5. The molecule has 2 unspecified atom stereocenters. The van der Waals surface area contributed by atoms with E-state index in [1.54, 1.807) is 24.4 Å². The van der Waals surface area contributed by atoms with E-state index in [0.29, 0.717) is 57.9 Å². The summed E-state index contributed by atoms with van der Waals surface area (Å²) in [6, 6.07) is 8.57. The van der Waals surface area contributed by atoms with Crippen LogP contribution in [0, 0.1) is 30.0 Å². The number of benzene rings is 2. The van der Waals surface area contributed by atoms with Crippen LogP contribution >= 0.6 is 0 Å². The number of halogens is 2. The number of aromatic nitrogens is 3. The molecule has 4 aliphatic heterocycles. The van der Waals surface area contributed by atoms with Crippen LogP contribution in [0.2, 0.25) is 0 Å². The number of ether oxygens (including phenoxy) is 1. The number of aromatic hydroxyl groups is 1. The van der Waals surface area contributed by atoms with Crippen molar-refractivity contribution in [2.45, 2.75) is 37.4 Å². The molecule has 4 aliphatic rings. The largest absolute Gasteiger partial charge is 0.508 e. The smallest absolute Gasteiger partial charge is 0.319 e. The summed E-state index contributed by atoms with van der Waals surface area (Å²) in [5, 5.41) is 15.9. The molecule has 226 valence electrons. The van der Waals surface area contributed by atoms with Crippen LogP contribution in [0.25, 0.3) is 32.9 Å². The van der Waals surface area contributed by atoms with Gasteiger partial charge in [-0.25, -0.2) is 8.78 Å². The van der Waals surface area contributed by atoms with Gasteiger partial charge in [0.1, 0.15) is 35.6 Å². The monoisotopic (exact) mass is 596 g/mol. The fourth-order valence-electron chi connectivity index (χ4n) is 8.16. The number of hydrogen-bond acceptors (Lipinski definition) is 8. The van der Waals surface area contributed by atoms with Gasteiger partial charge in [-0.15, -0.1) is 6.42 Å². The number of phenolic OH excluding ortho intramolecular Hbond substituents is 1. The first-order valence-electron chi connectivity index (χ1n) is 15.5. The number of alkyl halides is 1. The van der Waals surface area contributed by atoms with E-state index in [-0.39, 0.29) is 35.1 Å². The molecular formula is C34H34F2N6O2. The van der Waals surface area contributed by atoms with Gasteiger partial charge < -0.3 is 20.1 Å². The van der Waals surface area contributed by atoms with Crippen molar-refractivity contribution in [3.63, 3.8) is 0 Å². The third-order valence-corrected chi connectivity index (χ3v) is 10.0. The molecule has 4 fully saturated rings. The van der Waals surface area contributed by atoms with Gasteiger partial charge in [0.15, 0.2) is 5.82 Å². The topological polar surface area (TPSA) is 86.6 Å². The molecule has 2 aromatic carbocycles. The van der Waals surface area contributed by atoms with Gasteiger partial charge in [0, 0.05) is 48.8 Å². The first-order chi connectivity index (χ1) is 21.4. The normalized spacial score (nSPS) is 26.7. The Kier molecular flexibility index (Phi) is 6.58. The summed E-state index contributed by atoms with van der Waals surface area (Å²) in [6.07, 6.45) is 9.96. The molecule has 44 heavy (non-hydrogen) atoms. The number of nitrogens with one attached hydrogen (secondary N) is 1. The molecule has 4 saturated heterocycles. The summed E-state index contributed by atoms with van der Waals surface area (Å²) in [6.45, 7) is 4.93. The van der Waals surface area contributed by atoms with Gasteiger partial charge in [0.05, 0.1) is 10.9 Å². The van der Waals surface area contributed by atoms with E-state index >= 15 is 4.39 Å². The van der Waals surface area contributed by atoms with Crippen LogP contribution in [0.15, 0.2) is 36.5 Å². The summed E-state index contributed by atoms with van der Waals surface area (Å²) in [5.41, 5.74) is 0.694. The number of hydrogen-bond donors (Lipinski definition) is 2. The van der Waals surface area contributed by atoms with Gasteiger partial charge in [0.25, 0.3) is 0 Å². The second kappa shape index (κ2) is 10.5. The SMILES string of the molecule is C#Cc1cccc2cc(O)cc(-c3ncc4c(N5CC6CNCC(C6)C5)nc(OC[C@@]56CCCN5C[C@H](F)C6)nc4c3F)c12. The van der Waals surface area contributed by atoms with Crippen molar-refractivity contribution in [2.75, 3.05) is 50.8 Å². The molecule has 0 amide bonds. The van der Waals surface area contributed by atoms with Gasteiger partial charge in [0.2, 0.25) is 0 Å². The zero-order chi connectivity index (χ0) is 30.0. The first kappa shape index (κ1) is 27.5. The maximum atomic E-state index is 16.8. The molecule has 4 aromatic rings. The lowest BCUT2D eigenvalue weighted by atomic mass is 9.86. The third-order valence-electron chi connectivity index (χ3n) is 10.0. The van der Waals surface area contributed by atoms with Crippen LogP contribution < -0.4 is 15.0 Å². The maximum Gasteiger partial charge on any atom is 0.319 e. The van der Waals surface area contributed by atoms with Crippen LogP contribution in [0.4, 0.5) is 14.6 Å². The quantitative estimate of drug-likeness (QED) is 0.322. The molecule has 8 rings (SSSR count). The van der Waals surface area contributed by atoms with Crippen molar-refractivity contribution >= 4 is 27.5 Å². The zero-order valence-corrected chi connectivity index (χ0v) is 24.4. The highest BCUT2D eigenvalue weighted by molar-refractivity contribution is 6.02. The third kappa shape index (κ3) is 4.52. The molecule has 2 bridgehead atoms. The molecule has 10 heteroatoms. The van der Waals surface area contributed by atoms with Crippen LogP contribution in [0.3, 0.4) is 0 Å². The number of fused-ring (bicyclic) bond motifs is 5. The molecule has 0 aliphatic carbocycles. The Labute approximate surface area is 254 Å². The highest BCUT2D eigenvalue weighted by atomic mass is 19.1. The number of phenols is 1. The van der Waals surface area contributed by atoms with E-state index in [9.17, 15) is 9.50 Å². The van der Waals surface area contributed by atoms with E-state index in [4.69, 9.17) is 16.1 Å². The van der Waals surface area contributed by atoms with Crippen LogP contribution in [-0.4, -0.2) is 82.5 Å². The molecule has 2 N–H and O–H groups in total. The van der Waals surface area contributed by atoms with E-state index in [1.165, 1.54) is 6.07 Å². The lowest BCUT2D eigenvalue weighted by Crippen LogP contribution is -2.51. The summed E-state index contributed by atoms with van der Waals surface area (Å²) in [5.74, 6) is 3.54. The highest BCUT2D eigenvalue weighted by Gasteiger charge is 2.49. The molecule has 2 aromatic heterocycles. The van der Waals surface area contributed by atoms with Gasteiger partial charge in [-0.3, -0.25) is 9.88 Å². The Hall–Kier alpha value is -4.07. The fraction of sp³-hybridized carbons (Fsp3) is 0.441. The Morgan fingerprint density at radius 2 is 2.00 bits per heavy atom. The minimum absolute atomic E-state index is 0.0214. The average molecular weight is 597 g/mol. The van der Waals surface area contributed by atoms with Crippen molar-refractivity contribution in [1.29, 1.82) is 0 Å². The second-order valence-electron chi connectivity index (χ2n) is 12.9. The minimum atomic E-state index is -0.885. The average Bonchev–Trinajstić information content (AvgIpc) is 3.54. The van der Waals surface area contributed by atoms with E-state index in [2.05, 4.69) is 31.0 Å². The molecule has 8 nitrogen and oxygen atoms in total. The molecule has 0 saturated carbocycles. The van der Waals surface area contributed by atoms with Gasteiger partial charge in [-0.05, 0) is 74.3 Å². The Bertz CT molecular complexity index is 1820. The van der Waals surface area contributed by atoms with E-state index in [0.717, 1.165) is 52.0 Å². The van der Waals surface area contributed by atoms with E-state index in [1.807, 2.05) is 6.07 Å². The summed E-state index contributed by atoms with van der Waals surface area (Å²) in [7, 11) is 0. The van der Waals surface area contributed by atoms with Crippen LogP contribution in [0.1, 0.15) is 31.2 Å². The first-order valence-corrected chi connectivity index (χ1v) is 15.5. The van der Waals surface area contributed by atoms with E-state index < -0.39 is 12.0 Å². The van der Waals surface area contributed by atoms with Crippen molar-refractivity contribution in [3.05, 3.63) is 47.9 Å². The predicted molar refractivity (Wildman–Crippen MR) is 165 cm³/mol. The lowest BCUT2D eigenvalue weighted by molar-refractivity contribution is 0.107. The van der Waals surface area contributed by atoms with Gasteiger partial charge >= 0.3 is 6.01 Å². The highest BCUT2D eigenvalue weighted by Crippen LogP contribution is 2.42. The van der Waals surface area contributed by atoms with Crippen molar-refractivity contribution in [2.24, 2.45) is 11.8 Å². The van der Waals surface area contributed by atoms with Gasteiger partial charge in [-0.2, -0.15) is 9.97 Å². The standard InChI is InChI=1S/C34H34F2N6O2/c1-2-22-5-3-6-23-10-25(43)11-26(28(22)23)30-29(36)31-27(15-38-30)32(41-16-20-9-21(17-41)14-37-13-20)40-33(39-31)44-19-34-7-4-8-42(34)18-24(35)12-34/h1,3,5-6,10-11,15,20-21,24,37,43H,4,7-9,12-14,16-19H2/t20?,21?,24-,34+/m1/s1. The lowest BCUT2D eigenvalue weighted by Gasteiger charge is -2.42. The fourth-order valence-corrected chi connectivity index (χ4v) is 8.16. The van der Waals surface area contributed by atoms with Gasteiger partial charge in [-0.1, -0.05) is 18.1 Å². The number of piperidine rings is 2. The Balaban J connectivity index is 1.26. The maximum absolute atomic E-state index is 16.8. The Morgan fingerprint density at radius 1 is 1.16 bits per heavy atom. The van der Waals surface area contributed by atoms with Crippen LogP contribution in [0.5, 0.6) is 11.8 Å². The molecular weight excluding hydrogens is 562 g/mol. The van der Waals surface area contributed by atoms with Crippen molar-refractivity contribution in [3.8, 4) is 35.4 Å². The summed E-state index contributed by atoms with van der Waals surface area (Å²) >= 11 is 0. The summed E-state index contributed by atoms with van der Waals surface area (Å²) in [4.78, 5) is 18.5. The number of anilines is 1. The predicted octanol–water partition coefficient (Wildman–Crippen LogP) is 4.67. The van der Waals surface area contributed by atoms with Crippen molar-refractivity contribution in [1.82, 2.24) is 25.2 Å². The molecule has 0 radical (unpaired) electrons. The van der Waals surface area contributed by atoms with Crippen LogP contribution in [-0.2, 0) is 0 Å². The molecule has 6 heterocycles. The van der Waals surface area contributed by atoms with Crippen molar-refractivity contribution < 1.29 is 18.6 Å². The number of nitrogens with zero attached hydrogens (tertiary/aromatic N) is 5. The number of terminal acetylenes is 1.